The Morgan fingerprint density at radius 2 is 1.85 bits per heavy atom. The molecule has 0 aliphatic carbocycles. The van der Waals surface area contributed by atoms with Crippen LogP contribution in [0.15, 0.2) is 42.5 Å². The van der Waals surface area contributed by atoms with Crippen LogP contribution >= 0.6 is 23.2 Å². The summed E-state index contributed by atoms with van der Waals surface area (Å²) in [4.78, 5) is 7.35. The highest BCUT2D eigenvalue weighted by Crippen LogP contribution is 2.25. The first-order chi connectivity index (χ1) is 13.2. The number of hydrogen-bond donors (Lipinski definition) is 0. The molecule has 27 heavy (non-hydrogen) atoms. The molecule has 4 nitrogen and oxygen atoms in total. The van der Waals surface area contributed by atoms with Gasteiger partial charge in [0.15, 0.2) is 0 Å². The summed E-state index contributed by atoms with van der Waals surface area (Å²) in [6.45, 7) is 5.51. The fourth-order valence-corrected chi connectivity index (χ4v) is 4.07. The molecule has 1 fully saturated rings. The second-order valence-corrected chi connectivity index (χ2v) is 7.74. The number of rotatable bonds is 6. The number of para-hydroxylation sites is 2. The molecule has 0 atom stereocenters. The minimum atomic E-state index is 0.657. The Hall–Kier alpha value is -1.59. The number of aryl methyl sites for hydroxylation is 1. The van der Waals surface area contributed by atoms with Gasteiger partial charge in [-0.05, 0) is 42.8 Å². The van der Waals surface area contributed by atoms with Gasteiger partial charge in [-0.15, -0.1) is 0 Å². The van der Waals surface area contributed by atoms with Crippen LogP contribution in [0.4, 0.5) is 0 Å². The number of imidazole rings is 1. The molecule has 2 aromatic carbocycles. The molecule has 0 bridgehead atoms. The van der Waals surface area contributed by atoms with Crippen molar-refractivity contribution < 1.29 is 4.74 Å². The topological polar surface area (TPSA) is 30.3 Å². The zero-order valence-electron chi connectivity index (χ0n) is 15.2. The van der Waals surface area contributed by atoms with Gasteiger partial charge in [-0.2, -0.15) is 0 Å². The second-order valence-electron chi connectivity index (χ2n) is 6.90. The zero-order chi connectivity index (χ0) is 18.6. The van der Waals surface area contributed by atoms with Crippen molar-refractivity contribution in [1.82, 2.24) is 14.5 Å². The average Bonchev–Trinajstić information content (AvgIpc) is 3.02. The van der Waals surface area contributed by atoms with Crippen LogP contribution < -0.4 is 0 Å². The maximum absolute atomic E-state index is 6.42. The Labute approximate surface area is 169 Å². The molecule has 0 amide bonds. The summed E-state index contributed by atoms with van der Waals surface area (Å²) in [5.74, 6) is 1.11. The Morgan fingerprint density at radius 1 is 1.04 bits per heavy atom. The fraction of sp³-hybridized carbons (Fsp3) is 0.381. The minimum absolute atomic E-state index is 0.657. The summed E-state index contributed by atoms with van der Waals surface area (Å²) in [6, 6.07) is 14.0. The molecule has 0 spiro atoms. The van der Waals surface area contributed by atoms with Gasteiger partial charge >= 0.3 is 0 Å². The van der Waals surface area contributed by atoms with Gasteiger partial charge in [0.25, 0.3) is 0 Å². The summed E-state index contributed by atoms with van der Waals surface area (Å²) in [5, 5.41) is 1.35. The Bertz CT molecular complexity index is 919. The predicted octanol–water partition coefficient (Wildman–Crippen LogP) is 4.66. The molecule has 0 N–H and O–H groups in total. The largest absolute Gasteiger partial charge is 0.379 e. The molecular formula is C21H23Cl2N3O. The van der Waals surface area contributed by atoms with Crippen molar-refractivity contribution in [1.29, 1.82) is 0 Å². The van der Waals surface area contributed by atoms with Crippen molar-refractivity contribution in [3.63, 3.8) is 0 Å². The molecule has 3 aromatic rings. The van der Waals surface area contributed by atoms with Crippen LogP contribution in [0.25, 0.3) is 11.0 Å². The van der Waals surface area contributed by atoms with Gasteiger partial charge in [-0.25, -0.2) is 4.98 Å². The number of halogens is 2. The summed E-state index contributed by atoms with van der Waals surface area (Å²) >= 11 is 12.5. The molecule has 1 saturated heterocycles. The number of benzene rings is 2. The molecule has 1 aliphatic heterocycles. The van der Waals surface area contributed by atoms with E-state index in [4.69, 9.17) is 32.9 Å². The lowest BCUT2D eigenvalue weighted by Crippen LogP contribution is -2.37. The van der Waals surface area contributed by atoms with E-state index in [2.05, 4.69) is 27.7 Å². The molecule has 0 saturated carbocycles. The zero-order valence-corrected chi connectivity index (χ0v) is 16.7. The van der Waals surface area contributed by atoms with Crippen LogP contribution in [-0.4, -0.2) is 47.3 Å². The van der Waals surface area contributed by atoms with Crippen molar-refractivity contribution in [3.8, 4) is 0 Å². The number of hydrogen-bond acceptors (Lipinski definition) is 3. The molecule has 1 aromatic heterocycles. The van der Waals surface area contributed by atoms with Crippen LogP contribution in [0.2, 0.25) is 10.0 Å². The van der Waals surface area contributed by atoms with E-state index in [-0.39, 0.29) is 0 Å². The summed E-state index contributed by atoms with van der Waals surface area (Å²) < 4.78 is 7.71. The van der Waals surface area contributed by atoms with E-state index < -0.39 is 0 Å². The summed E-state index contributed by atoms with van der Waals surface area (Å²) in [7, 11) is 0. The highest BCUT2D eigenvalue weighted by atomic mass is 35.5. The molecule has 0 unspecified atom stereocenters. The number of fused-ring (bicyclic) bond motifs is 1. The molecule has 0 radical (unpaired) electrons. The highest BCUT2D eigenvalue weighted by molar-refractivity contribution is 6.35. The lowest BCUT2D eigenvalue weighted by molar-refractivity contribution is 0.0374. The van der Waals surface area contributed by atoms with E-state index in [1.165, 1.54) is 0 Å². The predicted molar refractivity (Wildman–Crippen MR) is 111 cm³/mol. The van der Waals surface area contributed by atoms with Crippen LogP contribution in [0.5, 0.6) is 0 Å². The molecule has 6 heteroatoms. The standard InChI is InChI=1S/C21H23Cl2N3O/c22-17-8-7-16(18(23)14-17)15-26-20-5-2-1-4-19(20)24-21(26)6-3-9-25-10-12-27-13-11-25/h1-2,4-5,7-8,14H,3,6,9-13,15H2. The van der Waals surface area contributed by atoms with Gasteiger partial charge in [0.05, 0.1) is 30.8 Å². The normalized spacial score (nSPS) is 15.5. The van der Waals surface area contributed by atoms with E-state index in [0.717, 1.165) is 68.1 Å². The van der Waals surface area contributed by atoms with E-state index in [1.54, 1.807) is 6.07 Å². The van der Waals surface area contributed by atoms with E-state index in [1.807, 2.05) is 18.2 Å². The highest BCUT2D eigenvalue weighted by Gasteiger charge is 2.14. The summed E-state index contributed by atoms with van der Waals surface area (Å²) in [6.07, 6.45) is 2.02. The molecule has 4 rings (SSSR count). The Morgan fingerprint density at radius 3 is 2.67 bits per heavy atom. The van der Waals surface area contributed by atoms with Crippen LogP contribution in [0, 0.1) is 0 Å². The average molecular weight is 404 g/mol. The first kappa shape index (κ1) is 18.8. The number of nitrogens with zero attached hydrogens (tertiary/aromatic N) is 3. The van der Waals surface area contributed by atoms with Crippen molar-refractivity contribution in [2.45, 2.75) is 19.4 Å². The lowest BCUT2D eigenvalue weighted by atomic mass is 10.2. The summed E-state index contributed by atoms with van der Waals surface area (Å²) in [5.41, 5.74) is 3.23. The lowest BCUT2D eigenvalue weighted by Gasteiger charge is -2.26. The molecule has 142 valence electrons. The Kier molecular flexibility index (Phi) is 5.98. The van der Waals surface area contributed by atoms with E-state index >= 15 is 0 Å². The van der Waals surface area contributed by atoms with Crippen molar-refractivity contribution in [2.24, 2.45) is 0 Å². The number of aromatic nitrogens is 2. The monoisotopic (exact) mass is 403 g/mol. The fourth-order valence-electron chi connectivity index (χ4n) is 3.60. The maximum atomic E-state index is 6.42. The Balaban J connectivity index is 1.55. The van der Waals surface area contributed by atoms with E-state index in [9.17, 15) is 0 Å². The van der Waals surface area contributed by atoms with Crippen LogP contribution in [0.3, 0.4) is 0 Å². The third kappa shape index (κ3) is 4.46. The maximum Gasteiger partial charge on any atom is 0.110 e. The third-order valence-electron chi connectivity index (χ3n) is 5.06. The third-order valence-corrected chi connectivity index (χ3v) is 5.64. The van der Waals surface area contributed by atoms with Crippen molar-refractivity contribution in [2.75, 3.05) is 32.8 Å². The first-order valence-electron chi connectivity index (χ1n) is 9.39. The number of ether oxygens (including phenoxy) is 1. The second kappa shape index (κ2) is 8.61. The van der Waals surface area contributed by atoms with Crippen LogP contribution in [0.1, 0.15) is 17.8 Å². The van der Waals surface area contributed by atoms with Gasteiger partial charge in [0.1, 0.15) is 5.82 Å². The molecule has 1 aliphatic rings. The quantitative estimate of drug-likeness (QED) is 0.599. The van der Waals surface area contributed by atoms with Gasteiger partial charge < -0.3 is 9.30 Å². The van der Waals surface area contributed by atoms with Gasteiger partial charge in [-0.1, -0.05) is 41.4 Å². The van der Waals surface area contributed by atoms with Gasteiger partial charge in [0.2, 0.25) is 0 Å². The first-order valence-corrected chi connectivity index (χ1v) is 10.1. The van der Waals surface area contributed by atoms with Crippen molar-refractivity contribution >= 4 is 34.2 Å². The molecular weight excluding hydrogens is 381 g/mol. The van der Waals surface area contributed by atoms with Crippen molar-refractivity contribution in [3.05, 3.63) is 63.9 Å². The minimum Gasteiger partial charge on any atom is -0.379 e. The molecule has 2 heterocycles. The van der Waals surface area contributed by atoms with Gasteiger partial charge in [-0.3, -0.25) is 4.90 Å². The smallest absolute Gasteiger partial charge is 0.110 e. The SMILES string of the molecule is Clc1ccc(Cn2c(CCCN3CCOCC3)nc3ccccc32)c(Cl)c1. The van der Waals surface area contributed by atoms with Gasteiger partial charge in [0, 0.05) is 29.6 Å². The van der Waals surface area contributed by atoms with Crippen LogP contribution in [-0.2, 0) is 17.7 Å². The van der Waals surface area contributed by atoms with E-state index in [0.29, 0.717) is 16.6 Å². The number of morpholine rings is 1.